The van der Waals surface area contributed by atoms with Gasteiger partial charge in [-0.25, -0.2) is 8.42 Å². The van der Waals surface area contributed by atoms with Gasteiger partial charge < -0.3 is 9.80 Å². The van der Waals surface area contributed by atoms with Crippen LogP contribution in [0.2, 0.25) is 0 Å². The Morgan fingerprint density at radius 3 is 2.56 bits per heavy atom. The highest BCUT2D eigenvalue weighted by Gasteiger charge is 2.32. The normalized spacial score (nSPS) is 21.7. The van der Waals surface area contributed by atoms with Gasteiger partial charge in [0.1, 0.15) is 0 Å². The minimum absolute atomic E-state index is 0.0485. The molecule has 7 nitrogen and oxygen atoms in total. The topological polar surface area (TPSA) is 73.8 Å². The van der Waals surface area contributed by atoms with Crippen LogP contribution in [-0.4, -0.2) is 85.0 Å². The first-order chi connectivity index (χ1) is 12.9. The number of carbonyl (C=O) groups is 1. The maximum atomic E-state index is 12.7. The molecule has 8 heteroatoms. The van der Waals surface area contributed by atoms with Crippen molar-refractivity contribution < 1.29 is 13.2 Å². The van der Waals surface area contributed by atoms with Gasteiger partial charge in [0.2, 0.25) is 10.0 Å². The molecule has 27 heavy (non-hydrogen) atoms. The Morgan fingerprint density at radius 1 is 1.19 bits per heavy atom. The summed E-state index contributed by atoms with van der Waals surface area (Å²) in [6.45, 7) is 4.84. The molecule has 0 bridgehead atoms. The zero-order valence-electron chi connectivity index (χ0n) is 16.1. The van der Waals surface area contributed by atoms with Crippen LogP contribution in [0.5, 0.6) is 0 Å². The quantitative estimate of drug-likeness (QED) is 0.700. The Kier molecular flexibility index (Phi) is 6.83. The lowest BCUT2D eigenvalue weighted by molar-refractivity contribution is 0.0652. The van der Waals surface area contributed by atoms with Crippen molar-refractivity contribution in [3.63, 3.8) is 0 Å². The van der Waals surface area contributed by atoms with E-state index >= 15 is 0 Å². The van der Waals surface area contributed by atoms with Crippen LogP contribution in [0.15, 0.2) is 24.5 Å². The lowest BCUT2D eigenvalue weighted by Crippen LogP contribution is -2.51. The Morgan fingerprint density at radius 2 is 1.89 bits per heavy atom. The summed E-state index contributed by atoms with van der Waals surface area (Å²) in [6.07, 6.45) is 9.44. The molecule has 3 heterocycles. The number of likely N-dealkylation sites (tertiary alicyclic amines) is 2. The third-order valence-electron chi connectivity index (χ3n) is 5.50. The third-order valence-corrected chi connectivity index (χ3v) is 6.83. The third kappa shape index (κ3) is 5.49. The fourth-order valence-corrected chi connectivity index (χ4v) is 5.30. The number of piperidine rings is 1. The molecule has 1 amide bonds. The summed E-state index contributed by atoms with van der Waals surface area (Å²) in [5, 5.41) is 0. The van der Waals surface area contributed by atoms with Crippen molar-refractivity contribution in [3.05, 3.63) is 30.1 Å². The van der Waals surface area contributed by atoms with E-state index < -0.39 is 10.0 Å². The summed E-state index contributed by atoms with van der Waals surface area (Å²) in [5.41, 5.74) is 0.602. The van der Waals surface area contributed by atoms with Crippen LogP contribution in [-0.2, 0) is 10.0 Å². The maximum Gasteiger partial charge on any atom is 0.254 e. The van der Waals surface area contributed by atoms with Crippen molar-refractivity contribution >= 4 is 15.9 Å². The molecule has 0 radical (unpaired) electrons. The summed E-state index contributed by atoms with van der Waals surface area (Å²) in [7, 11) is -3.31. The largest absolute Gasteiger partial charge is 0.337 e. The molecule has 2 aliphatic rings. The van der Waals surface area contributed by atoms with Crippen LogP contribution in [0.3, 0.4) is 0 Å². The number of amides is 1. The fourth-order valence-electron chi connectivity index (χ4n) is 4.13. The summed E-state index contributed by atoms with van der Waals surface area (Å²) < 4.78 is 26.4. The lowest BCUT2D eigenvalue weighted by atomic mass is 10.0. The smallest absolute Gasteiger partial charge is 0.254 e. The molecule has 1 aromatic heterocycles. The fraction of sp³-hybridized carbons (Fsp3) is 0.684. The Balaban J connectivity index is 1.62. The first-order valence-corrected chi connectivity index (χ1v) is 11.7. The molecule has 2 saturated heterocycles. The van der Waals surface area contributed by atoms with Gasteiger partial charge in [-0.2, -0.15) is 4.31 Å². The highest BCUT2D eigenvalue weighted by molar-refractivity contribution is 7.88. The second-order valence-electron chi connectivity index (χ2n) is 7.56. The number of nitrogens with zero attached hydrogens (tertiary/aromatic N) is 4. The maximum absolute atomic E-state index is 12.7. The molecule has 0 N–H and O–H groups in total. The van der Waals surface area contributed by atoms with Crippen LogP contribution >= 0.6 is 0 Å². The summed E-state index contributed by atoms with van der Waals surface area (Å²) in [5.74, 6) is -0.0485. The Labute approximate surface area is 162 Å². The van der Waals surface area contributed by atoms with Crippen LogP contribution in [0.4, 0.5) is 0 Å². The number of sulfonamides is 1. The summed E-state index contributed by atoms with van der Waals surface area (Å²) >= 11 is 0. The van der Waals surface area contributed by atoms with Crippen molar-refractivity contribution in [2.75, 3.05) is 45.5 Å². The zero-order valence-corrected chi connectivity index (χ0v) is 16.9. The zero-order chi connectivity index (χ0) is 19.3. The second-order valence-corrected chi connectivity index (χ2v) is 9.49. The van der Waals surface area contributed by atoms with Crippen molar-refractivity contribution in [3.8, 4) is 0 Å². The number of aromatic nitrogens is 1. The van der Waals surface area contributed by atoms with Crippen molar-refractivity contribution in [2.45, 2.75) is 38.1 Å². The molecule has 1 atom stereocenters. The van der Waals surface area contributed by atoms with Crippen LogP contribution < -0.4 is 0 Å². The number of carbonyl (C=O) groups excluding carboxylic acids is 1. The van der Waals surface area contributed by atoms with E-state index in [9.17, 15) is 13.2 Å². The molecule has 1 aromatic rings. The van der Waals surface area contributed by atoms with Crippen LogP contribution in [0, 0.1) is 0 Å². The van der Waals surface area contributed by atoms with E-state index in [1.165, 1.54) is 19.1 Å². The average molecular weight is 395 g/mol. The van der Waals surface area contributed by atoms with Gasteiger partial charge in [-0.05, 0) is 63.9 Å². The van der Waals surface area contributed by atoms with Gasteiger partial charge in [-0.1, -0.05) is 0 Å². The molecular weight excluding hydrogens is 364 g/mol. The number of hydrogen-bond donors (Lipinski definition) is 0. The molecule has 2 aliphatic heterocycles. The SMILES string of the molecule is CS(=O)(=O)N(CCCN1CCCC1)C1CCCN(C(=O)c2ccncc2)C1. The van der Waals surface area contributed by atoms with Gasteiger partial charge in [0, 0.05) is 43.6 Å². The van der Waals surface area contributed by atoms with Crippen molar-refractivity contribution in [1.29, 1.82) is 0 Å². The Bertz CT molecular complexity index is 720. The lowest BCUT2D eigenvalue weighted by Gasteiger charge is -2.38. The van der Waals surface area contributed by atoms with Gasteiger partial charge >= 0.3 is 0 Å². The van der Waals surface area contributed by atoms with Gasteiger partial charge in [-0.15, -0.1) is 0 Å². The van der Waals surface area contributed by atoms with E-state index in [1.807, 2.05) is 0 Å². The first-order valence-electron chi connectivity index (χ1n) is 9.83. The molecule has 1 unspecified atom stereocenters. The molecule has 0 aliphatic carbocycles. The average Bonchev–Trinajstić information content (AvgIpc) is 3.18. The van der Waals surface area contributed by atoms with Crippen molar-refractivity contribution in [1.82, 2.24) is 19.1 Å². The molecule has 0 spiro atoms. The highest BCUT2D eigenvalue weighted by Crippen LogP contribution is 2.21. The van der Waals surface area contributed by atoms with Gasteiger partial charge in [0.05, 0.1) is 6.26 Å². The predicted octanol–water partition coefficient (Wildman–Crippen LogP) is 1.43. The van der Waals surface area contributed by atoms with Crippen LogP contribution in [0.25, 0.3) is 0 Å². The first kappa shape index (κ1) is 20.2. The van der Waals surface area contributed by atoms with E-state index in [0.29, 0.717) is 25.2 Å². The number of hydrogen-bond acceptors (Lipinski definition) is 5. The van der Waals surface area contributed by atoms with E-state index in [-0.39, 0.29) is 11.9 Å². The van der Waals surface area contributed by atoms with E-state index in [2.05, 4.69) is 9.88 Å². The van der Waals surface area contributed by atoms with Gasteiger partial charge in [0.25, 0.3) is 5.91 Å². The summed E-state index contributed by atoms with van der Waals surface area (Å²) in [6, 6.07) is 3.27. The highest BCUT2D eigenvalue weighted by atomic mass is 32.2. The molecule has 150 valence electrons. The standard InChI is InChI=1S/C19H30N4O3S/c1-27(25,26)23(15-5-13-21-11-2-3-12-21)18-6-4-14-22(16-18)19(24)17-7-9-20-10-8-17/h7-10,18H,2-6,11-16H2,1H3. The molecule has 2 fully saturated rings. The van der Waals surface area contributed by atoms with Crippen molar-refractivity contribution in [2.24, 2.45) is 0 Å². The van der Waals surface area contributed by atoms with E-state index in [0.717, 1.165) is 38.9 Å². The molecule has 3 rings (SSSR count). The molecule has 0 saturated carbocycles. The van der Waals surface area contributed by atoms with E-state index in [4.69, 9.17) is 0 Å². The molecular formula is C19H30N4O3S. The second kappa shape index (κ2) is 9.12. The number of pyridine rings is 1. The predicted molar refractivity (Wildman–Crippen MR) is 105 cm³/mol. The van der Waals surface area contributed by atoms with E-state index in [1.54, 1.807) is 33.7 Å². The Hall–Kier alpha value is -1.51. The number of rotatable bonds is 7. The van der Waals surface area contributed by atoms with Crippen LogP contribution in [0.1, 0.15) is 42.5 Å². The minimum atomic E-state index is -3.31. The molecule has 0 aromatic carbocycles. The minimum Gasteiger partial charge on any atom is -0.337 e. The van der Waals surface area contributed by atoms with Gasteiger partial charge in [-0.3, -0.25) is 9.78 Å². The summed E-state index contributed by atoms with van der Waals surface area (Å²) in [4.78, 5) is 20.9. The van der Waals surface area contributed by atoms with Gasteiger partial charge in [0.15, 0.2) is 0 Å². The monoisotopic (exact) mass is 394 g/mol.